The number of likely N-dealkylation sites (tertiary alicyclic amines) is 1. The van der Waals surface area contributed by atoms with Crippen molar-refractivity contribution >= 4 is 17.2 Å². The van der Waals surface area contributed by atoms with E-state index >= 15 is 0 Å². The van der Waals surface area contributed by atoms with Gasteiger partial charge in [0.25, 0.3) is 5.91 Å². The van der Waals surface area contributed by atoms with Crippen molar-refractivity contribution in [2.75, 3.05) is 13.1 Å². The van der Waals surface area contributed by atoms with E-state index in [1.165, 1.54) is 23.5 Å². The first-order valence-electron chi connectivity index (χ1n) is 7.40. The van der Waals surface area contributed by atoms with E-state index in [4.69, 9.17) is 5.73 Å². The van der Waals surface area contributed by atoms with E-state index in [0.29, 0.717) is 25.2 Å². The molecule has 1 saturated heterocycles. The number of halogens is 1. The minimum atomic E-state index is -0.268. The molecule has 0 aliphatic carbocycles. The van der Waals surface area contributed by atoms with Crippen LogP contribution in [0.25, 0.3) is 0 Å². The molecule has 2 aromatic rings. The van der Waals surface area contributed by atoms with Crippen LogP contribution in [-0.4, -0.2) is 28.9 Å². The first-order chi connectivity index (χ1) is 10.7. The van der Waals surface area contributed by atoms with Gasteiger partial charge in [-0.1, -0.05) is 12.1 Å². The Bertz CT molecular complexity index is 673. The monoisotopic (exact) mass is 319 g/mol. The van der Waals surface area contributed by atoms with Gasteiger partial charge in [-0.3, -0.25) is 4.79 Å². The number of rotatable bonds is 4. The molecule has 2 heterocycles. The molecule has 0 saturated carbocycles. The highest BCUT2D eigenvalue weighted by atomic mass is 32.1. The number of nitrogens with two attached hydrogens (primary N) is 1. The van der Waals surface area contributed by atoms with Crippen LogP contribution in [0.3, 0.4) is 0 Å². The third-order valence-electron chi connectivity index (χ3n) is 3.88. The first-order valence-corrected chi connectivity index (χ1v) is 8.28. The third kappa shape index (κ3) is 3.03. The minimum absolute atomic E-state index is 0.0668. The Morgan fingerprint density at radius 3 is 3.14 bits per heavy atom. The van der Waals surface area contributed by atoms with Crippen LogP contribution >= 0.6 is 11.3 Å². The fourth-order valence-electron chi connectivity index (χ4n) is 2.86. The molecule has 3 rings (SSSR count). The van der Waals surface area contributed by atoms with E-state index in [9.17, 15) is 9.18 Å². The van der Waals surface area contributed by atoms with Crippen molar-refractivity contribution in [3.63, 3.8) is 0 Å². The summed E-state index contributed by atoms with van der Waals surface area (Å²) in [6.07, 6.45) is 2.47. The van der Waals surface area contributed by atoms with Crippen molar-refractivity contribution in [2.45, 2.75) is 25.3 Å². The molecule has 1 atom stereocenters. The van der Waals surface area contributed by atoms with E-state index in [0.717, 1.165) is 23.4 Å². The first kappa shape index (κ1) is 15.1. The number of carbonyl (C=O) groups is 1. The zero-order valence-corrected chi connectivity index (χ0v) is 13.0. The molecule has 2 N–H and O–H groups in total. The van der Waals surface area contributed by atoms with Crippen molar-refractivity contribution in [1.82, 2.24) is 9.88 Å². The van der Waals surface area contributed by atoms with E-state index in [1.807, 2.05) is 6.07 Å². The lowest BCUT2D eigenvalue weighted by atomic mass is 10.0. The highest BCUT2D eigenvalue weighted by Crippen LogP contribution is 2.33. The van der Waals surface area contributed by atoms with Crippen molar-refractivity contribution in [2.24, 2.45) is 5.73 Å². The molecule has 0 spiro atoms. The normalized spacial score (nSPS) is 17.9. The Hall–Kier alpha value is -1.79. The van der Waals surface area contributed by atoms with Gasteiger partial charge < -0.3 is 10.6 Å². The van der Waals surface area contributed by atoms with Crippen molar-refractivity contribution in [3.05, 3.63) is 51.7 Å². The lowest BCUT2D eigenvalue weighted by molar-refractivity contribution is 0.0730. The topological polar surface area (TPSA) is 59.2 Å². The standard InChI is InChI=1S/C16H18FN3OS/c17-12-4-1-3-11(9-12)14-5-2-8-20(14)16(21)13-10-22-15(19-13)6-7-18/h1,3-4,9-10,14H,2,5-8,18H2. The Morgan fingerprint density at radius 2 is 2.36 bits per heavy atom. The molecular formula is C16H18FN3OS. The fraction of sp³-hybridized carbons (Fsp3) is 0.375. The molecule has 0 bridgehead atoms. The Balaban J connectivity index is 1.81. The number of hydrogen-bond acceptors (Lipinski definition) is 4. The molecule has 0 radical (unpaired) electrons. The summed E-state index contributed by atoms with van der Waals surface area (Å²) >= 11 is 1.46. The van der Waals surface area contributed by atoms with Crippen LogP contribution in [0.1, 0.15) is 39.9 Å². The summed E-state index contributed by atoms with van der Waals surface area (Å²) in [6.45, 7) is 1.21. The van der Waals surface area contributed by atoms with Gasteiger partial charge in [0.1, 0.15) is 11.5 Å². The van der Waals surface area contributed by atoms with E-state index in [2.05, 4.69) is 4.98 Å². The van der Waals surface area contributed by atoms with Crippen molar-refractivity contribution in [1.29, 1.82) is 0 Å². The maximum Gasteiger partial charge on any atom is 0.273 e. The van der Waals surface area contributed by atoms with E-state index < -0.39 is 0 Å². The second-order valence-corrected chi connectivity index (χ2v) is 6.32. The van der Waals surface area contributed by atoms with Gasteiger partial charge in [0.2, 0.25) is 0 Å². The van der Waals surface area contributed by atoms with Crippen LogP contribution in [-0.2, 0) is 6.42 Å². The molecule has 22 heavy (non-hydrogen) atoms. The van der Waals surface area contributed by atoms with Crippen LogP contribution in [0.5, 0.6) is 0 Å². The summed E-state index contributed by atoms with van der Waals surface area (Å²) in [4.78, 5) is 18.8. The Kier molecular flexibility index (Phi) is 4.49. The summed E-state index contributed by atoms with van der Waals surface area (Å²) in [6, 6.07) is 6.43. The second kappa shape index (κ2) is 6.54. The molecule has 1 aliphatic rings. The van der Waals surface area contributed by atoms with Gasteiger partial charge in [-0.05, 0) is 37.1 Å². The fourth-order valence-corrected chi connectivity index (χ4v) is 3.65. The molecule has 1 aliphatic heterocycles. The molecule has 4 nitrogen and oxygen atoms in total. The predicted octanol–water partition coefficient (Wildman–Crippen LogP) is 2.76. The molecule has 1 fully saturated rings. The average Bonchev–Trinajstić information content (AvgIpc) is 3.16. The van der Waals surface area contributed by atoms with Crippen LogP contribution in [0.2, 0.25) is 0 Å². The van der Waals surface area contributed by atoms with Crippen LogP contribution in [0, 0.1) is 5.82 Å². The number of aromatic nitrogens is 1. The largest absolute Gasteiger partial charge is 0.330 e. The van der Waals surface area contributed by atoms with Gasteiger partial charge in [0.05, 0.1) is 11.0 Å². The lowest BCUT2D eigenvalue weighted by Crippen LogP contribution is -2.30. The zero-order valence-electron chi connectivity index (χ0n) is 12.2. The smallest absolute Gasteiger partial charge is 0.273 e. The van der Waals surface area contributed by atoms with Gasteiger partial charge in [-0.15, -0.1) is 11.3 Å². The molecular weight excluding hydrogens is 301 g/mol. The van der Waals surface area contributed by atoms with Crippen molar-refractivity contribution < 1.29 is 9.18 Å². The molecule has 6 heteroatoms. The number of carbonyl (C=O) groups excluding carboxylic acids is 1. The van der Waals surface area contributed by atoms with Gasteiger partial charge >= 0.3 is 0 Å². The average molecular weight is 319 g/mol. The lowest BCUT2D eigenvalue weighted by Gasteiger charge is -2.24. The summed E-state index contributed by atoms with van der Waals surface area (Å²) in [5.41, 5.74) is 6.84. The van der Waals surface area contributed by atoms with E-state index in [1.54, 1.807) is 16.3 Å². The number of amides is 1. The summed E-state index contributed by atoms with van der Waals surface area (Å²) in [7, 11) is 0. The van der Waals surface area contributed by atoms with Crippen LogP contribution in [0.15, 0.2) is 29.6 Å². The van der Waals surface area contributed by atoms with Gasteiger partial charge in [0, 0.05) is 18.3 Å². The summed E-state index contributed by atoms with van der Waals surface area (Å²) < 4.78 is 13.4. The Labute approximate surface area is 132 Å². The maximum atomic E-state index is 13.4. The van der Waals surface area contributed by atoms with Crippen LogP contribution in [0.4, 0.5) is 4.39 Å². The molecule has 1 unspecified atom stereocenters. The summed E-state index contributed by atoms with van der Waals surface area (Å²) in [5, 5.41) is 2.67. The number of hydrogen-bond donors (Lipinski definition) is 1. The van der Waals surface area contributed by atoms with E-state index in [-0.39, 0.29) is 17.8 Å². The molecule has 1 aromatic heterocycles. The number of benzene rings is 1. The number of thiazole rings is 1. The van der Waals surface area contributed by atoms with Crippen LogP contribution < -0.4 is 5.73 Å². The molecule has 1 aromatic carbocycles. The predicted molar refractivity (Wildman–Crippen MR) is 84.3 cm³/mol. The zero-order chi connectivity index (χ0) is 15.5. The Morgan fingerprint density at radius 1 is 1.50 bits per heavy atom. The number of nitrogens with zero attached hydrogens (tertiary/aromatic N) is 2. The quantitative estimate of drug-likeness (QED) is 0.942. The van der Waals surface area contributed by atoms with Gasteiger partial charge in [0.15, 0.2) is 0 Å². The van der Waals surface area contributed by atoms with Gasteiger partial charge in [-0.25, -0.2) is 9.37 Å². The van der Waals surface area contributed by atoms with Gasteiger partial charge in [-0.2, -0.15) is 0 Å². The molecule has 1 amide bonds. The second-order valence-electron chi connectivity index (χ2n) is 5.38. The third-order valence-corrected chi connectivity index (χ3v) is 4.78. The SMILES string of the molecule is NCCc1nc(C(=O)N2CCCC2c2cccc(F)c2)cs1. The molecule has 116 valence electrons. The minimum Gasteiger partial charge on any atom is -0.330 e. The highest BCUT2D eigenvalue weighted by molar-refractivity contribution is 7.09. The van der Waals surface area contributed by atoms with Crippen molar-refractivity contribution in [3.8, 4) is 0 Å². The summed E-state index contributed by atoms with van der Waals surface area (Å²) in [5.74, 6) is -0.345. The highest BCUT2D eigenvalue weighted by Gasteiger charge is 2.31. The maximum absolute atomic E-state index is 13.4.